The molecule has 0 unspecified atom stereocenters. The maximum absolute atomic E-state index is 12.5. The number of nitrogens with one attached hydrogen (secondary N) is 1. The molecule has 3 aromatic rings. The number of anilines is 1. The van der Waals surface area contributed by atoms with Crippen molar-refractivity contribution in [2.75, 3.05) is 11.6 Å². The zero-order valence-electron chi connectivity index (χ0n) is 14.6. The number of nitrogens with zero attached hydrogens (tertiary/aromatic N) is 1. The van der Waals surface area contributed by atoms with Gasteiger partial charge in [0, 0.05) is 22.9 Å². The van der Waals surface area contributed by atoms with Gasteiger partial charge in [-0.25, -0.2) is 13.4 Å². The molecule has 0 atom stereocenters. The molecule has 1 amide bonds. The maximum atomic E-state index is 12.5. The first kappa shape index (κ1) is 18.3. The molecule has 5 nitrogen and oxygen atoms in total. The van der Waals surface area contributed by atoms with Crippen LogP contribution in [0.4, 0.5) is 5.69 Å². The lowest BCUT2D eigenvalue weighted by atomic mass is 10.1. The van der Waals surface area contributed by atoms with E-state index in [1.807, 2.05) is 31.2 Å². The van der Waals surface area contributed by atoms with Gasteiger partial charge in [0.2, 0.25) is 0 Å². The molecule has 1 N–H and O–H groups in total. The minimum absolute atomic E-state index is 0.203. The second-order valence-corrected chi connectivity index (χ2v) is 8.85. The van der Waals surface area contributed by atoms with E-state index in [1.165, 1.54) is 17.4 Å². The Morgan fingerprint density at radius 3 is 2.50 bits per heavy atom. The zero-order chi connectivity index (χ0) is 18.9. The molecule has 0 aliphatic heterocycles. The predicted octanol–water partition coefficient (Wildman–Crippen LogP) is 4.08. The van der Waals surface area contributed by atoms with Gasteiger partial charge in [-0.05, 0) is 37.1 Å². The van der Waals surface area contributed by atoms with Gasteiger partial charge in [0.1, 0.15) is 10.7 Å². The van der Waals surface area contributed by atoms with Crippen LogP contribution < -0.4 is 5.32 Å². The lowest BCUT2D eigenvalue weighted by molar-refractivity contribution is 0.102. The Bertz CT molecular complexity index is 1090. The summed E-state index contributed by atoms with van der Waals surface area (Å²) in [5.74, 6) is -0.366. The monoisotopic (exact) mass is 386 g/mol. The summed E-state index contributed by atoms with van der Waals surface area (Å²) >= 11 is 1.40. The predicted molar refractivity (Wildman–Crippen MR) is 105 cm³/mol. The van der Waals surface area contributed by atoms with Gasteiger partial charge in [-0.2, -0.15) is 0 Å². The highest BCUT2D eigenvalue weighted by Gasteiger charge is 2.17. The molecule has 3 rings (SSSR count). The van der Waals surface area contributed by atoms with E-state index < -0.39 is 9.84 Å². The molecule has 0 saturated carbocycles. The van der Waals surface area contributed by atoms with Crippen molar-refractivity contribution in [3.05, 3.63) is 64.7 Å². The van der Waals surface area contributed by atoms with Crippen molar-refractivity contribution in [1.82, 2.24) is 4.98 Å². The first-order valence-electron chi connectivity index (χ1n) is 7.90. The number of amides is 1. The van der Waals surface area contributed by atoms with Crippen molar-refractivity contribution in [2.24, 2.45) is 0 Å². The fraction of sp³-hybridized carbons (Fsp3) is 0.158. The molecule has 0 bridgehead atoms. The summed E-state index contributed by atoms with van der Waals surface area (Å²) in [6, 6.07) is 12.7. The highest BCUT2D eigenvalue weighted by Crippen LogP contribution is 2.28. The Labute approximate surface area is 156 Å². The summed E-state index contributed by atoms with van der Waals surface area (Å²) in [6.07, 6.45) is 1.15. The summed E-state index contributed by atoms with van der Waals surface area (Å²) in [6.45, 7) is 3.67. The average Bonchev–Trinajstić information content (AvgIpc) is 3.06. The summed E-state index contributed by atoms with van der Waals surface area (Å²) < 4.78 is 23.7. The Morgan fingerprint density at radius 2 is 1.81 bits per heavy atom. The van der Waals surface area contributed by atoms with Crippen molar-refractivity contribution in [1.29, 1.82) is 0 Å². The summed E-state index contributed by atoms with van der Waals surface area (Å²) in [7, 11) is -3.36. The molecule has 0 saturated heterocycles. The van der Waals surface area contributed by atoms with Gasteiger partial charge in [0.25, 0.3) is 5.91 Å². The summed E-state index contributed by atoms with van der Waals surface area (Å²) in [5, 5.41) is 5.23. The Balaban J connectivity index is 1.88. The molecule has 7 heteroatoms. The number of sulfone groups is 1. The topological polar surface area (TPSA) is 76.1 Å². The zero-order valence-corrected chi connectivity index (χ0v) is 16.2. The first-order chi connectivity index (χ1) is 12.3. The molecule has 134 valence electrons. The number of rotatable bonds is 4. The van der Waals surface area contributed by atoms with Gasteiger partial charge in [-0.15, -0.1) is 11.3 Å². The van der Waals surface area contributed by atoms with Crippen LogP contribution in [0.5, 0.6) is 0 Å². The van der Waals surface area contributed by atoms with Gasteiger partial charge in [-0.3, -0.25) is 4.79 Å². The van der Waals surface area contributed by atoms with Crippen molar-refractivity contribution >= 4 is 32.8 Å². The number of aryl methyl sites for hydroxylation is 1. The number of hydrogen-bond acceptors (Lipinski definition) is 5. The van der Waals surface area contributed by atoms with Gasteiger partial charge >= 0.3 is 0 Å². The third kappa shape index (κ3) is 3.68. The van der Waals surface area contributed by atoms with Gasteiger partial charge in [0.05, 0.1) is 4.90 Å². The van der Waals surface area contributed by atoms with Crippen molar-refractivity contribution in [3.63, 3.8) is 0 Å². The minimum Gasteiger partial charge on any atom is -0.320 e. The van der Waals surface area contributed by atoms with E-state index >= 15 is 0 Å². The van der Waals surface area contributed by atoms with Gasteiger partial charge in [0.15, 0.2) is 9.84 Å². The SMILES string of the molecule is Cc1ccccc1-c1nc(C(=O)Nc2cccc(S(C)(=O)=O)c2C)cs1. The van der Waals surface area contributed by atoms with Crippen molar-refractivity contribution in [3.8, 4) is 10.6 Å². The number of aromatic nitrogens is 1. The lowest BCUT2D eigenvalue weighted by Crippen LogP contribution is -2.14. The fourth-order valence-corrected chi connectivity index (χ4v) is 4.53. The standard InChI is InChI=1S/C19H18N2O3S2/c1-12-7-4-5-8-14(12)19-21-16(11-25-19)18(22)20-15-9-6-10-17(13(15)2)26(3,23)24/h4-11H,1-3H3,(H,20,22). The number of hydrogen-bond donors (Lipinski definition) is 1. The van der Waals surface area contributed by atoms with Crippen LogP contribution >= 0.6 is 11.3 Å². The van der Waals surface area contributed by atoms with Crippen LogP contribution in [-0.2, 0) is 9.84 Å². The second kappa shape index (κ2) is 7.01. The van der Waals surface area contributed by atoms with E-state index in [2.05, 4.69) is 10.3 Å². The van der Waals surface area contributed by atoms with Crippen LogP contribution in [0.25, 0.3) is 10.6 Å². The minimum atomic E-state index is -3.36. The average molecular weight is 386 g/mol. The first-order valence-corrected chi connectivity index (χ1v) is 10.7. The normalized spacial score (nSPS) is 11.3. The number of carbonyl (C=O) groups excluding carboxylic acids is 1. The van der Waals surface area contributed by atoms with Crippen LogP contribution in [0.2, 0.25) is 0 Å². The highest BCUT2D eigenvalue weighted by atomic mass is 32.2. The number of benzene rings is 2. The summed E-state index contributed by atoms with van der Waals surface area (Å²) in [4.78, 5) is 17.2. The molecule has 0 radical (unpaired) electrons. The van der Waals surface area contributed by atoms with Crippen molar-refractivity contribution < 1.29 is 13.2 Å². The third-order valence-corrected chi connectivity index (χ3v) is 6.16. The molecule has 1 heterocycles. The highest BCUT2D eigenvalue weighted by molar-refractivity contribution is 7.90. The van der Waals surface area contributed by atoms with E-state index in [0.29, 0.717) is 16.9 Å². The van der Waals surface area contributed by atoms with E-state index in [-0.39, 0.29) is 10.8 Å². The molecule has 2 aromatic carbocycles. The quantitative estimate of drug-likeness (QED) is 0.733. The van der Waals surface area contributed by atoms with Gasteiger partial charge < -0.3 is 5.32 Å². The Hall–Kier alpha value is -2.51. The molecular weight excluding hydrogens is 368 g/mol. The fourth-order valence-electron chi connectivity index (χ4n) is 2.65. The van der Waals surface area contributed by atoms with Crippen LogP contribution in [0.1, 0.15) is 21.6 Å². The maximum Gasteiger partial charge on any atom is 0.275 e. The van der Waals surface area contributed by atoms with Crippen LogP contribution in [-0.4, -0.2) is 25.6 Å². The van der Waals surface area contributed by atoms with E-state index in [9.17, 15) is 13.2 Å². The molecule has 0 fully saturated rings. The van der Waals surface area contributed by atoms with Crippen LogP contribution in [0.15, 0.2) is 52.7 Å². The molecule has 1 aromatic heterocycles. The number of carbonyl (C=O) groups is 1. The molecule has 0 spiro atoms. The summed E-state index contributed by atoms with van der Waals surface area (Å²) in [5.41, 5.74) is 3.36. The van der Waals surface area contributed by atoms with E-state index in [1.54, 1.807) is 24.4 Å². The van der Waals surface area contributed by atoms with Crippen LogP contribution in [0, 0.1) is 13.8 Å². The smallest absolute Gasteiger partial charge is 0.275 e. The molecule has 0 aliphatic rings. The second-order valence-electron chi connectivity index (χ2n) is 6.01. The third-order valence-electron chi connectivity index (χ3n) is 4.04. The van der Waals surface area contributed by atoms with E-state index in [4.69, 9.17) is 0 Å². The lowest BCUT2D eigenvalue weighted by Gasteiger charge is -2.10. The Morgan fingerprint density at radius 1 is 1.08 bits per heavy atom. The molecule has 26 heavy (non-hydrogen) atoms. The molecule has 0 aliphatic carbocycles. The van der Waals surface area contributed by atoms with Gasteiger partial charge in [-0.1, -0.05) is 30.3 Å². The van der Waals surface area contributed by atoms with Crippen molar-refractivity contribution in [2.45, 2.75) is 18.7 Å². The van der Waals surface area contributed by atoms with Crippen LogP contribution in [0.3, 0.4) is 0 Å². The largest absolute Gasteiger partial charge is 0.320 e. The molecular formula is C19H18N2O3S2. The van der Waals surface area contributed by atoms with E-state index in [0.717, 1.165) is 22.4 Å². The Kier molecular flexibility index (Phi) is 4.93. The number of thiazole rings is 1.